The van der Waals surface area contributed by atoms with Gasteiger partial charge in [0.15, 0.2) is 23.1 Å². The molecular formula is C13H12F2O4. The van der Waals surface area contributed by atoms with Crippen molar-refractivity contribution in [3.8, 4) is 11.5 Å². The zero-order chi connectivity index (χ0) is 13.6. The van der Waals surface area contributed by atoms with E-state index in [1.807, 2.05) is 0 Å². The van der Waals surface area contributed by atoms with Crippen molar-refractivity contribution in [2.24, 2.45) is 0 Å². The molecule has 0 unspecified atom stereocenters. The van der Waals surface area contributed by atoms with E-state index in [4.69, 9.17) is 9.47 Å². The van der Waals surface area contributed by atoms with Crippen molar-refractivity contribution in [3.05, 3.63) is 23.3 Å². The molecular weight excluding hydrogens is 258 g/mol. The van der Waals surface area contributed by atoms with Crippen molar-refractivity contribution < 1.29 is 28.2 Å². The van der Waals surface area contributed by atoms with Crippen LogP contribution in [-0.2, 0) is 10.2 Å². The van der Waals surface area contributed by atoms with Crippen LogP contribution in [-0.4, -0.2) is 24.3 Å². The monoisotopic (exact) mass is 270 g/mol. The Bertz CT molecular complexity index is 552. The first-order chi connectivity index (χ1) is 9.06. The van der Waals surface area contributed by atoms with Crippen molar-refractivity contribution in [2.45, 2.75) is 24.7 Å². The van der Waals surface area contributed by atoms with Crippen LogP contribution in [0.4, 0.5) is 8.78 Å². The van der Waals surface area contributed by atoms with Gasteiger partial charge in [0.1, 0.15) is 13.2 Å². The summed E-state index contributed by atoms with van der Waals surface area (Å²) >= 11 is 0. The van der Waals surface area contributed by atoms with Gasteiger partial charge >= 0.3 is 5.97 Å². The fourth-order valence-electron chi connectivity index (χ4n) is 2.66. The average molecular weight is 270 g/mol. The molecule has 0 saturated heterocycles. The molecule has 1 aliphatic carbocycles. The standard InChI is InChI=1S/C13H12F2O4/c14-7-6-8-11(19-5-4-18-8)9(10(7)15)13(12(16)17)2-1-3-13/h6H,1-5H2,(H,16,17). The number of fused-ring (bicyclic) bond motifs is 1. The fourth-order valence-corrected chi connectivity index (χ4v) is 2.66. The Balaban J connectivity index is 2.24. The lowest BCUT2D eigenvalue weighted by Crippen LogP contribution is -2.44. The molecule has 3 rings (SSSR count). The van der Waals surface area contributed by atoms with Gasteiger partial charge in [0.25, 0.3) is 0 Å². The van der Waals surface area contributed by atoms with E-state index in [-0.39, 0.29) is 43.1 Å². The van der Waals surface area contributed by atoms with Gasteiger partial charge < -0.3 is 14.6 Å². The fraction of sp³-hybridized carbons (Fsp3) is 0.462. The van der Waals surface area contributed by atoms with E-state index in [2.05, 4.69) is 0 Å². The molecule has 1 aromatic carbocycles. The Morgan fingerprint density at radius 2 is 1.95 bits per heavy atom. The summed E-state index contributed by atoms with van der Waals surface area (Å²) in [6.45, 7) is 0.429. The number of aliphatic carboxylic acids is 1. The highest BCUT2D eigenvalue weighted by Gasteiger charge is 2.51. The van der Waals surface area contributed by atoms with E-state index >= 15 is 0 Å². The first-order valence-corrected chi connectivity index (χ1v) is 6.08. The van der Waals surface area contributed by atoms with Gasteiger partial charge in [0, 0.05) is 6.07 Å². The van der Waals surface area contributed by atoms with E-state index in [0.717, 1.165) is 6.07 Å². The van der Waals surface area contributed by atoms with Crippen molar-refractivity contribution in [1.82, 2.24) is 0 Å². The smallest absolute Gasteiger partial charge is 0.314 e. The Kier molecular flexibility index (Phi) is 2.62. The highest BCUT2D eigenvalue weighted by Crippen LogP contribution is 2.52. The van der Waals surface area contributed by atoms with Crippen molar-refractivity contribution in [3.63, 3.8) is 0 Å². The molecule has 0 atom stereocenters. The summed E-state index contributed by atoms with van der Waals surface area (Å²) in [5.41, 5.74) is -1.60. The topological polar surface area (TPSA) is 55.8 Å². The van der Waals surface area contributed by atoms with E-state index in [1.54, 1.807) is 0 Å². The Morgan fingerprint density at radius 3 is 2.53 bits per heavy atom. The third-order valence-electron chi connectivity index (χ3n) is 3.82. The average Bonchev–Trinajstić information content (AvgIpc) is 2.32. The highest BCUT2D eigenvalue weighted by atomic mass is 19.2. The minimum absolute atomic E-state index is 0.0345. The van der Waals surface area contributed by atoms with Crippen LogP contribution in [0.2, 0.25) is 0 Å². The third-order valence-corrected chi connectivity index (χ3v) is 3.82. The van der Waals surface area contributed by atoms with Crippen LogP contribution in [0.5, 0.6) is 11.5 Å². The molecule has 0 amide bonds. The van der Waals surface area contributed by atoms with Crippen LogP contribution in [0.25, 0.3) is 0 Å². The highest BCUT2D eigenvalue weighted by molar-refractivity contribution is 5.84. The van der Waals surface area contributed by atoms with E-state index in [9.17, 15) is 18.7 Å². The molecule has 1 heterocycles. The lowest BCUT2D eigenvalue weighted by Gasteiger charge is -2.39. The predicted octanol–water partition coefficient (Wildman–Crippen LogP) is 2.24. The summed E-state index contributed by atoms with van der Waals surface area (Å²) < 4.78 is 38.3. The third kappa shape index (κ3) is 1.59. The summed E-state index contributed by atoms with van der Waals surface area (Å²) in [7, 11) is 0. The zero-order valence-corrected chi connectivity index (χ0v) is 10.0. The van der Waals surface area contributed by atoms with E-state index < -0.39 is 23.0 Å². The van der Waals surface area contributed by atoms with Gasteiger partial charge in [-0.15, -0.1) is 0 Å². The first-order valence-electron chi connectivity index (χ1n) is 6.08. The molecule has 0 radical (unpaired) electrons. The number of benzene rings is 1. The van der Waals surface area contributed by atoms with Crippen LogP contribution in [0.1, 0.15) is 24.8 Å². The summed E-state index contributed by atoms with van der Waals surface area (Å²) in [5.74, 6) is -3.29. The molecule has 1 fully saturated rings. The van der Waals surface area contributed by atoms with Gasteiger partial charge in [-0.2, -0.15) is 0 Å². The van der Waals surface area contributed by atoms with Crippen LogP contribution < -0.4 is 9.47 Å². The largest absolute Gasteiger partial charge is 0.486 e. The second-order valence-electron chi connectivity index (χ2n) is 4.81. The Morgan fingerprint density at radius 1 is 1.26 bits per heavy atom. The second-order valence-corrected chi connectivity index (χ2v) is 4.81. The molecule has 6 heteroatoms. The molecule has 2 aliphatic rings. The maximum Gasteiger partial charge on any atom is 0.314 e. The number of carboxylic acids is 1. The summed E-state index contributed by atoms with van der Waals surface area (Å²) in [6.07, 6.45) is 1.22. The number of rotatable bonds is 2. The van der Waals surface area contributed by atoms with Crippen molar-refractivity contribution in [1.29, 1.82) is 0 Å². The Hall–Kier alpha value is -1.85. The number of hydrogen-bond donors (Lipinski definition) is 1. The normalized spacial score (nSPS) is 19.7. The maximum atomic E-state index is 14.1. The number of carboxylic acid groups (broad SMARTS) is 1. The van der Waals surface area contributed by atoms with Crippen LogP contribution in [0.15, 0.2) is 6.07 Å². The van der Waals surface area contributed by atoms with E-state index in [1.165, 1.54) is 0 Å². The minimum atomic E-state index is -1.39. The van der Waals surface area contributed by atoms with E-state index in [0.29, 0.717) is 6.42 Å². The summed E-state index contributed by atoms with van der Waals surface area (Å²) in [6, 6.07) is 0.904. The van der Waals surface area contributed by atoms with Gasteiger partial charge in [-0.1, -0.05) is 6.42 Å². The van der Waals surface area contributed by atoms with Crippen LogP contribution >= 0.6 is 0 Å². The van der Waals surface area contributed by atoms with Gasteiger partial charge in [-0.05, 0) is 12.8 Å². The molecule has 1 aliphatic heterocycles. The van der Waals surface area contributed by atoms with Gasteiger partial charge in [0.2, 0.25) is 0 Å². The molecule has 1 aromatic rings. The first kappa shape index (κ1) is 12.2. The molecule has 19 heavy (non-hydrogen) atoms. The molecule has 0 aromatic heterocycles. The van der Waals surface area contributed by atoms with Crippen molar-refractivity contribution >= 4 is 5.97 Å². The lowest BCUT2D eigenvalue weighted by atomic mass is 9.64. The SMILES string of the molecule is O=C(O)C1(c2c(F)c(F)cc3c2OCCO3)CCC1. The van der Waals surface area contributed by atoms with Gasteiger partial charge in [-0.25, -0.2) is 8.78 Å². The number of carbonyl (C=O) groups is 1. The maximum absolute atomic E-state index is 14.1. The second kappa shape index (κ2) is 4.08. The predicted molar refractivity (Wildman–Crippen MR) is 60.5 cm³/mol. The number of ether oxygens (including phenoxy) is 2. The van der Waals surface area contributed by atoms with Crippen LogP contribution in [0.3, 0.4) is 0 Å². The molecule has 4 nitrogen and oxygen atoms in total. The zero-order valence-electron chi connectivity index (χ0n) is 10.0. The minimum Gasteiger partial charge on any atom is -0.486 e. The summed E-state index contributed by atoms with van der Waals surface area (Å²) in [4.78, 5) is 11.5. The van der Waals surface area contributed by atoms with Gasteiger partial charge in [0.05, 0.1) is 11.0 Å². The molecule has 102 valence electrons. The molecule has 1 saturated carbocycles. The number of halogens is 2. The quantitative estimate of drug-likeness (QED) is 0.895. The number of hydrogen-bond acceptors (Lipinski definition) is 3. The molecule has 1 N–H and O–H groups in total. The molecule has 0 spiro atoms. The Labute approximate surface area is 107 Å². The van der Waals surface area contributed by atoms with Crippen LogP contribution in [0, 0.1) is 11.6 Å². The van der Waals surface area contributed by atoms with Crippen molar-refractivity contribution in [2.75, 3.05) is 13.2 Å². The van der Waals surface area contributed by atoms with Gasteiger partial charge in [-0.3, -0.25) is 4.79 Å². The summed E-state index contributed by atoms with van der Waals surface area (Å²) in [5, 5.41) is 9.37. The molecule has 0 bridgehead atoms. The lowest BCUT2D eigenvalue weighted by molar-refractivity contribution is -0.147.